The van der Waals surface area contributed by atoms with Crippen LogP contribution in [0.4, 0.5) is 23.1 Å². The zero-order chi connectivity index (χ0) is 17.4. The van der Waals surface area contributed by atoms with Gasteiger partial charge in [-0.25, -0.2) is 4.98 Å². The van der Waals surface area contributed by atoms with Gasteiger partial charge in [0.25, 0.3) is 0 Å². The van der Waals surface area contributed by atoms with Crippen LogP contribution in [0.3, 0.4) is 0 Å². The van der Waals surface area contributed by atoms with E-state index >= 15 is 0 Å². The lowest BCUT2D eigenvalue weighted by atomic mass is 10.2. The normalized spacial score (nSPS) is 13.0. The number of nitrogens with zero attached hydrogens (tertiary/aromatic N) is 3. The van der Waals surface area contributed by atoms with Gasteiger partial charge in [0.1, 0.15) is 5.82 Å². The number of hydrogen-bond acceptors (Lipinski definition) is 4. The third-order valence-corrected chi connectivity index (χ3v) is 4.83. The maximum absolute atomic E-state index is 6.24. The van der Waals surface area contributed by atoms with Gasteiger partial charge in [-0.3, -0.25) is 0 Å². The Kier molecular flexibility index (Phi) is 4.24. The van der Waals surface area contributed by atoms with Crippen LogP contribution in [0.1, 0.15) is 11.3 Å². The van der Waals surface area contributed by atoms with Crippen LogP contribution in [0.15, 0.2) is 48.5 Å². The summed E-state index contributed by atoms with van der Waals surface area (Å²) in [6, 6.07) is 15.8. The number of aryl methyl sites for hydroxylation is 1. The molecule has 4 rings (SSSR count). The molecular weight excluding hydrogens is 355 g/mol. The SMILES string of the molecule is Cc1cc(N2CCc3ccccc32)nc(Nc2c(Cl)cccc2Cl)n1. The Bertz CT molecular complexity index is 922. The van der Waals surface area contributed by atoms with E-state index in [1.54, 1.807) is 18.2 Å². The van der Waals surface area contributed by atoms with Crippen LogP contribution in [-0.4, -0.2) is 16.5 Å². The molecule has 0 saturated heterocycles. The lowest BCUT2D eigenvalue weighted by molar-refractivity contribution is 0.959. The van der Waals surface area contributed by atoms with Crippen molar-refractivity contribution >= 4 is 46.3 Å². The van der Waals surface area contributed by atoms with Crippen LogP contribution in [0, 0.1) is 6.92 Å². The van der Waals surface area contributed by atoms with Crippen molar-refractivity contribution in [3.63, 3.8) is 0 Å². The molecule has 0 unspecified atom stereocenters. The number of benzene rings is 2. The van der Waals surface area contributed by atoms with E-state index in [9.17, 15) is 0 Å². The van der Waals surface area contributed by atoms with Gasteiger partial charge in [-0.15, -0.1) is 0 Å². The van der Waals surface area contributed by atoms with Crippen molar-refractivity contribution in [2.24, 2.45) is 0 Å². The molecule has 25 heavy (non-hydrogen) atoms. The molecule has 0 fully saturated rings. The first-order chi connectivity index (χ1) is 12.1. The number of anilines is 4. The van der Waals surface area contributed by atoms with E-state index in [2.05, 4.69) is 38.4 Å². The molecule has 4 nitrogen and oxygen atoms in total. The van der Waals surface area contributed by atoms with Gasteiger partial charge in [0.2, 0.25) is 5.95 Å². The lowest BCUT2D eigenvalue weighted by Gasteiger charge is -2.20. The van der Waals surface area contributed by atoms with Gasteiger partial charge in [0.05, 0.1) is 15.7 Å². The minimum Gasteiger partial charge on any atom is -0.326 e. The number of fused-ring (bicyclic) bond motifs is 1. The number of halogens is 2. The first kappa shape index (κ1) is 16.2. The molecule has 0 bridgehead atoms. The molecule has 0 aliphatic carbocycles. The molecule has 0 amide bonds. The first-order valence-corrected chi connectivity index (χ1v) is 8.79. The Morgan fingerprint density at radius 1 is 1.00 bits per heavy atom. The smallest absolute Gasteiger partial charge is 0.229 e. The predicted molar refractivity (Wildman–Crippen MR) is 104 cm³/mol. The van der Waals surface area contributed by atoms with Gasteiger partial charge in [0, 0.05) is 24.0 Å². The monoisotopic (exact) mass is 370 g/mol. The van der Waals surface area contributed by atoms with Gasteiger partial charge >= 0.3 is 0 Å². The number of hydrogen-bond donors (Lipinski definition) is 1. The van der Waals surface area contributed by atoms with Crippen LogP contribution < -0.4 is 10.2 Å². The van der Waals surface area contributed by atoms with Crippen molar-refractivity contribution in [1.29, 1.82) is 0 Å². The quantitative estimate of drug-likeness (QED) is 0.657. The number of nitrogens with one attached hydrogen (secondary N) is 1. The molecule has 2 aromatic carbocycles. The molecule has 3 aromatic rings. The zero-order valence-corrected chi connectivity index (χ0v) is 15.1. The van der Waals surface area contributed by atoms with Crippen LogP contribution in [-0.2, 0) is 6.42 Å². The van der Waals surface area contributed by atoms with E-state index in [0.717, 1.165) is 24.5 Å². The minimum atomic E-state index is 0.481. The van der Waals surface area contributed by atoms with Gasteiger partial charge in [0.15, 0.2) is 0 Å². The average molecular weight is 371 g/mol. The van der Waals surface area contributed by atoms with E-state index < -0.39 is 0 Å². The molecule has 126 valence electrons. The van der Waals surface area contributed by atoms with Crippen LogP contribution in [0.25, 0.3) is 0 Å². The van der Waals surface area contributed by atoms with Crippen molar-refractivity contribution < 1.29 is 0 Å². The highest BCUT2D eigenvalue weighted by atomic mass is 35.5. The topological polar surface area (TPSA) is 41.1 Å². The molecule has 1 aliphatic rings. The van der Waals surface area contributed by atoms with Crippen molar-refractivity contribution in [3.05, 3.63) is 69.8 Å². The van der Waals surface area contributed by atoms with Crippen LogP contribution in [0.2, 0.25) is 10.0 Å². The van der Waals surface area contributed by atoms with E-state index in [-0.39, 0.29) is 0 Å². The number of para-hydroxylation sites is 2. The molecule has 2 heterocycles. The Morgan fingerprint density at radius 2 is 1.76 bits per heavy atom. The molecule has 1 N–H and O–H groups in total. The van der Waals surface area contributed by atoms with Crippen molar-refractivity contribution in [2.75, 3.05) is 16.8 Å². The third kappa shape index (κ3) is 3.15. The van der Waals surface area contributed by atoms with Gasteiger partial charge < -0.3 is 10.2 Å². The summed E-state index contributed by atoms with van der Waals surface area (Å²) in [6.07, 6.45) is 1.01. The molecular formula is C19H16Cl2N4. The number of rotatable bonds is 3. The predicted octanol–water partition coefficient (Wildman–Crippen LogP) is 5.53. The summed E-state index contributed by atoms with van der Waals surface area (Å²) in [7, 11) is 0. The number of aromatic nitrogens is 2. The second-order valence-electron chi connectivity index (χ2n) is 5.94. The Balaban J connectivity index is 1.71. The lowest BCUT2D eigenvalue weighted by Crippen LogP contribution is -2.16. The summed E-state index contributed by atoms with van der Waals surface area (Å²) in [4.78, 5) is 11.4. The van der Waals surface area contributed by atoms with E-state index in [1.165, 1.54) is 11.3 Å². The highest BCUT2D eigenvalue weighted by Gasteiger charge is 2.21. The largest absolute Gasteiger partial charge is 0.326 e. The fourth-order valence-corrected chi connectivity index (χ4v) is 3.54. The molecule has 1 aliphatic heterocycles. The Hall–Kier alpha value is -2.30. The summed E-state index contributed by atoms with van der Waals surface area (Å²) >= 11 is 12.5. The van der Waals surface area contributed by atoms with E-state index in [0.29, 0.717) is 21.7 Å². The molecule has 0 atom stereocenters. The third-order valence-electron chi connectivity index (χ3n) is 4.20. The fraction of sp³-hybridized carbons (Fsp3) is 0.158. The second kappa shape index (κ2) is 6.54. The summed E-state index contributed by atoms with van der Waals surface area (Å²) in [5, 5.41) is 4.22. The molecule has 6 heteroatoms. The molecule has 1 aromatic heterocycles. The van der Waals surface area contributed by atoms with E-state index in [1.807, 2.05) is 19.1 Å². The average Bonchev–Trinajstić information content (AvgIpc) is 3.02. The molecule has 0 spiro atoms. The highest BCUT2D eigenvalue weighted by Crippen LogP contribution is 2.35. The fourth-order valence-electron chi connectivity index (χ4n) is 3.05. The standard InChI is InChI=1S/C19H16Cl2N4/c1-12-11-17(25-10-9-13-5-2-3-8-16(13)25)23-19(22-12)24-18-14(20)6-4-7-15(18)21/h2-8,11H,9-10H2,1H3,(H,22,23,24). The summed E-state index contributed by atoms with van der Waals surface area (Å²) < 4.78 is 0. The van der Waals surface area contributed by atoms with Crippen molar-refractivity contribution in [2.45, 2.75) is 13.3 Å². The summed E-state index contributed by atoms with van der Waals surface area (Å²) in [5.74, 6) is 1.34. The van der Waals surface area contributed by atoms with Crippen molar-refractivity contribution in [1.82, 2.24) is 9.97 Å². The molecule has 0 saturated carbocycles. The minimum absolute atomic E-state index is 0.481. The van der Waals surface area contributed by atoms with Gasteiger partial charge in [-0.1, -0.05) is 47.5 Å². The van der Waals surface area contributed by atoms with E-state index in [4.69, 9.17) is 23.2 Å². The Morgan fingerprint density at radius 3 is 2.56 bits per heavy atom. The van der Waals surface area contributed by atoms with Crippen LogP contribution in [0.5, 0.6) is 0 Å². The maximum atomic E-state index is 6.24. The Labute approximate surface area is 156 Å². The van der Waals surface area contributed by atoms with Crippen LogP contribution >= 0.6 is 23.2 Å². The molecule has 0 radical (unpaired) electrons. The highest BCUT2D eigenvalue weighted by molar-refractivity contribution is 6.39. The van der Waals surface area contributed by atoms with Gasteiger partial charge in [-0.05, 0) is 37.1 Å². The van der Waals surface area contributed by atoms with Crippen molar-refractivity contribution in [3.8, 4) is 0 Å². The summed E-state index contributed by atoms with van der Waals surface area (Å²) in [5.41, 5.74) is 4.02. The second-order valence-corrected chi connectivity index (χ2v) is 6.76. The summed E-state index contributed by atoms with van der Waals surface area (Å²) in [6.45, 7) is 2.86. The first-order valence-electron chi connectivity index (χ1n) is 8.04. The maximum Gasteiger partial charge on any atom is 0.229 e. The van der Waals surface area contributed by atoms with Gasteiger partial charge in [-0.2, -0.15) is 4.98 Å². The zero-order valence-electron chi connectivity index (χ0n) is 13.6.